The van der Waals surface area contributed by atoms with E-state index in [9.17, 15) is 0 Å². The molecule has 0 spiro atoms. The first-order chi connectivity index (χ1) is 9.38. The van der Waals surface area contributed by atoms with Crippen LogP contribution >= 0.6 is 11.6 Å². The molecule has 0 radical (unpaired) electrons. The molecule has 0 amide bonds. The van der Waals surface area contributed by atoms with Crippen LogP contribution in [-0.4, -0.2) is 0 Å². The molecule has 1 atom stereocenters. The van der Waals surface area contributed by atoms with Crippen LogP contribution in [0, 0.1) is 34.6 Å². The van der Waals surface area contributed by atoms with Crippen molar-refractivity contribution in [3.05, 3.63) is 57.0 Å². The van der Waals surface area contributed by atoms with Crippen LogP contribution in [0.2, 0.25) is 0 Å². The van der Waals surface area contributed by atoms with Gasteiger partial charge in [-0.15, -0.1) is 11.6 Å². The first-order valence-electron chi connectivity index (χ1n) is 7.18. The summed E-state index contributed by atoms with van der Waals surface area (Å²) in [5.74, 6) is 1.83. The summed E-state index contributed by atoms with van der Waals surface area (Å²) in [4.78, 5) is 0. The number of alkyl halides is 1. The predicted molar refractivity (Wildman–Crippen MR) is 85.9 cm³/mol. The fourth-order valence-electron chi connectivity index (χ4n) is 2.77. The van der Waals surface area contributed by atoms with Gasteiger partial charge in [-0.3, -0.25) is 0 Å². The van der Waals surface area contributed by atoms with E-state index >= 15 is 0 Å². The highest BCUT2D eigenvalue weighted by Crippen LogP contribution is 2.38. The summed E-state index contributed by atoms with van der Waals surface area (Å²) in [5.41, 5.74) is 7.78. The molecule has 2 heteroatoms. The third kappa shape index (κ3) is 2.40. The van der Waals surface area contributed by atoms with Crippen LogP contribution in [0.1, 0.15) is 57.2 Å². The minimum absolute atomic E-state index is 0.215. The molecule has 1 aromatic carbocycles. The van der Waals surface area contributed by atoms with E-state index in [1.165, 1.54) is 33.4 Å². The molecule has 0 saturated heterocycles. The Bertz CT molecular complexity index is 608. The third-order valence-corrected chi connectivity index (χ3v) is 5.03. The van der Waals surface area contributed by atoms with E-state index < -0.39 is 0 Å². The number of benzene rings is 1. The SMILES string of the molecule is CCc1ccc(C(Cl)c2c(C)c(C)c(C)c(C)c2C)o1. The van der Waals surface area contributed by atoms with Crippen LogP contribution in [0.15, 0.2) is 16.5 Å². The van der Waals surface area contributed by atoms with Gasteiger partial charge in [-0.25, -0.2) is 0 Å². The Morgan fingerprint density at radius 3 is 1.85 bits per heavy atom. The number of halogens is 1. The monoisotopic (exact) mass is 290 g/mol. The van der Waals surface area contributed by atoms with Crippen molar-refractivity contribution in [2.75, 3.05) is 0 Å². The second-order valence-electron chi connectivity index (χ2n) is 5.56. The molecule has 1 aromatic heterocycles. The largest absolute Gasteiger partial charge is 0.464 e. The van der Waals surface area contributed by atoms with Crippen molar-refractivity contribution in [2.45, 2.75) is 53.3 Å². The van der Waals surface area contributed by atoms with E-state index in [4.69, 9.17) is 16.0 Å². The van der Waals surface area contributed by atoms with Crippen LogP contribution < -0.4 is 0 Å². The van der Waals surface area contributed by atoms with Crippen molar-refractivity contribution in [1.82, 2.24) is 0 Å². The lowest BCUT2D eigenvalue weighted by Gasteiger charge is -2.21. The molecule has 0 aliphatic carbocycles. The van der Waals surface area contributed by atoms with Crippen molar-refractivity contribution < 1.29 is 4.42 Å². The number of furan rings is 1. The number of rotatable bonds is 3. The summed E-state index contributed by atoms with van der Waals surface area (Å²) in [5, 5.41) is -0.215. The molecule has 1 nitrogen and oxygen atoms in total. The molecule has 0 fully saturated rings. The topological polar surface area (TPSA) is 13.1 Å². The third-order valence-electron chi connectivity index (χ3n) is 4.59. The summed E-state index contributed by atoms with van der Waals surface area (Å²) in [7, 11) is 0. The smallest absolute Gasteiger partial charge is 0.126 e. The minimum Gasteiger partial charge on any atom is -0.464 e. The molecule has 1 unspecified atom stereocenters. The highest BCUT2D eigenvalue weighted by molar-refractivity contribution is 6.22. The molecular weight excluding hydrogens is 268 g/mol. The Morgan fingerprint density at radius 1 is 0.900 bits per heavy atom. The Labute approximate surface area is 127 Å². The van der Waals surface area contributed by atoms with Crippen LogP contribution in [0.3, 0.4) is 0 Å². The molecular formula is C18H23ClO. The number of aryl methyl sites for hydroxylation is 1. The zero-order valence-electron chi connectivity index (χ0n) is 13.2. The molecule has 0 N–H and O–H groups in total. The van der Waals surface area contributed by atoms with Crippen molar-refractivity contribution in [1.29, 1.82) is 0 Å². The zero-order chi connectivity index (χ0) is 15.0. The quantitative estimate of drug-likeness (QED) is 0.660. The van der Waals surface area contributed by atoms with Gasteiger partial charge in [0.1, 0.15) is 16.9 Å². The normalized spacial score (nSPS) is 12.8. The van der Waals surface area contributed by atoms with Gasteiger partial charge in [0.15, 0.2) is 0 Å². The summed E-state index contributed by atoms with van der Waals surface area (Å²) >= 11 is 6.72. The Morgan fingerprint density at radius 2 is 1.40 bits per heavy atom. The van der Waals surface area contributed by atoms with E-state index in [0.29, 0.717) is 0 Å². The standard InChI is InChI=1S/C18H23ClO/c1-7-15-8-9-16(20-15)18(19)17-13(5)11(3)10(2)12(4)14(17)6/h8-9,18H,7H2,1-6H3. The fraction of sp³-hybridized carbons (Fsp3) is 0.444. The van der Waals surface area contributed by atoms with Crippen LogP contribution in [0.5, 0.6) is 0 Å². The predicted octanol–water partition coefficient (Wildman–Crippen LogP) is 5.71. The Hall–Kier alpha value is -1.21. The highest BCUT2D eigenvalue weighted by Gasteiger charge is 2.22. The number of hydrogen-bond donors (Lipinski definition) is 0. The molecule has 2 aromatic rings. The van der Waals surface area contributed by atoms with Gasteiger partial charge in [-0.1, -0.05) is 6.92 Å². The van der Waals surface area contributed by atoms with Gasteiger partial charge in [-0.05, 0) is 80.1 Å². The van der Waals surface area contributed by atoms with E-state index in [1.54, 1.807) is 0 Å². The maximum absolute atomic E-state index is 6.72. The van der Waals surface area contributed by atoms with Crippen LogP contribution in [0.4, 0.5) is 0 Å². The van der Waals surface area contributed by atoms with Gasteiger partial charge in [0.25, 0.3) is 0 Å². The van der Waals surface area contributed by atoms with Crippen molar-refractivity contribution in [2.24, 2.45) is 0 Å². The van der Waals surface area contributed by atoms with Crippen molar-refractivity contribution in [3.8, 4) is 0 Å². The minimum atomic E-state index is -0.215. The second-order valence-corrected chi connectivity index (χ2v) is 6.00. The molecule has 0 aliphatic rings. The molecule has 0 bridgehead atoms. The fourth-order valence-corrected chi connectivity index (χ4v) is 3.22. The van der Waals surface area contributed by atoms with E-state index in [0.717, 1.165) is 17.9 Å². The Balaban J connectivity index is 2.57. The second kappa shape index (κ2) is 5.65. The summed E-state index contributed by atoms with van der Waals surface area (Å²) in [6.07, 6.45) is 0.896. The zero-order valence-corrected chi connectivity index (χ0v) is 14.0. The van der Waals surface area contributed by atoms with Crippen molar-refractivity contribution >= 4 is 11.6 Å². The number of hydrogen-bond acceptors (Lipinski definition) is 1. The van der Waals surface area contributed by atoms with Gasteiger partial charge in [-0.2, -0.15) is 0 Å². The molecule has 0 saturated carbocycles. The van der Waals surface area contributed by atoms with E-state index in [1.807, 2.05) is 12.1 Å². The van der Waals surface area contributed by atoms with Gasteiger partial charge < -0.3 is 4.42 Å². The van der Waals surface area contributed by atoms with Gasteiger partial charge in [0.2, 0.25) is 0 Å². The maximum Gasteiger partial charge on any atom is 0.126 e. The average Bonchev–Trinajstić information content (AvgIpc) is 2.92. The summed E-state index contributed by atoms with van der Waals surface area (Å²) in [6.45, 7) is 12.9. The van der Waals surface area contributed by atoms with Crippen molar-refractivity contribution in [3.63, 3.8) is 0 Å². The first-order valence-corrected chi connectivity index (χ1v) is 7.61. The summed E-state index contributed by atoms with van der Waals surface area (Å²) < 4.78 is 5.84. The lowest BCUT2D eigenvalue weighted by molar-refractivity contribution is 0.474. The van der Waals surface area contributed by atoms with Gasteiger partial charge >= 0.3 is 0 Å². The molecule has 20 heavy (non-hydrogen) atoms. The first kappa shape index (κ1) is 15.2. The lowest BCUT2D eigenvalue weighted by Crippen LogP contribution is -2.05. The molecule has 0 aliphatic heterocycles. The van der Waals surface area contributed by atoms with E-state index in [2.05, 4.69) is 41.5 Å². The maximum atomic E-state index is 6.72. The lowest BCUT2D eigenvalue weighted by atomic mass is 9.87. The van der Waals surface area contributed by atoms with E-state index in [-0.39, 0.29) is 5.38 Å². The Kier molecular flexibility index (Phi) is 4.29. The summed E-state index contributed by atoms with van der Waals surface area (Å²) in [6, 6.07) is 4.02. The molecule has 108 valence electrons. The van der Waals surface area contributed by atoms with Crippen LogP contribution in [-0.2, 0) is 6.42 Å². The highest BCUT2D eigenvalue weighted by atomic mass is 35.5. The van der Waals surface area contributed by atoms with Gasteiger partial charge in [0, 0.05) is 6.42 Å². The molecule has 1 heterocycles. The van der Waals surface area contributed by atoms with Crippen LogP contribution in [0.25, 0.3) is 0 Å². The average molecular weight is 291 g/mol. The van der Waals surface area contributed by atoms with Gasteiger partial charge in [0.05, 0.1) is 0 Å². The molecule has 2 rings (SSSR count).